The fourth-order valence-corrected chi connectivity index (χ4v) is 3.93. The summed E-state index contributed by atoms with van der Waals surface area (Å²) < 4.78 is 65.4. The summed E-state index contributed by atoms with van der Waals surface area (Å²) in [4.78, 5) is 51.9. The number of fused-ring (bicyclic) bond motifs is 1. The zero-order chi connectivity index (χ0) is 31.7. The van der Waals surface area contributed by atoms with E-state index in [1.165, 1.54) is 0 Å². The number of para-hydroxylation sites is 2. The number of imidazole rings is 1. The number of alkyl halides is 6. The summed E-state index contributed by atoms with van der Waals surface area (Å²) >= 11 is 0. The van der Waals surface area contributed by atoms with E-state index in [1.807, 2.05) is 47.9 Å². The number of nitrogens with one attached hydrogen (secondary N) is 2. The number of halogens is 6. The van der Waals surface area contributed by atoms with Crippen molar-refractivity contribution in [2.24, 2.45) is 0 Å². The molecule has 1 aliphatic rings. The summed E-state index contributed by atoms with van der Waals surface area (Å²) in [6.45, 7) is 5.09. The topological polar surface area (TPSA) is 158 Å². The van der Waals surface area contributed by atoms with Crippen molar-refractivity contribution in [1.82, 2.24) is 24.8 Å². The second-order valence-electron chi connectivity index (χ2n) is 8.92. The molecule has 1 saturated heterocycles. The van der Waals surface area contributed by atoms with Gasteiger partial charge in [0.05, 0.1) is 11.0 Å². The smallest absolute Gasteiger partial charge is 0.475 e. The highest BCUT2D eigenvalue weighted by Gasteiger charge is 2.38. The van der Waals surface area contributed by atoms with E-state index in [0.29, 0.717) is 12.2 Å². The van der Waals surface area contributed by atoms with Crippen molar-refractivity contribution in [3.8, 4) is 0 Å². The van der Waals surface area contributed by atoms with Crippen LogP contribution in [0, 0.1) is 6.92 Å². The lowest BCUT2D eigenvalue weighted by atomic mass is 10.0. The average Bonchev–Trinajstić information content (AvgIpc) is 3.24. The molecule has 4 N–H and O–H groups in total. The number of pyridine rings is 1. The molecule has 0 saturated carbocycles. The van der Waals surface area contributed by atoms with E-state index in [0.717, 1.165) is 49.2 Å². The summed E-state index contributed by atoms with van der Waals surface area (Å²) in [6, 6.07) is 13.5. The van der Waals surface area contributed by atoms with Crippen molar-refractivity contribution in [3.05, 3.63) is 64.3 Å². The Hall–Kier alpha value is -4.41. The molecule has 17 heteroatoms. The molecule has 4 rings (SSSR count). The molecule has 0 radical (unpaired) electrons. The Bertz CT molecular complexity index is 1400. The number of hydrogen-bond donors (Lipinski definition) is 4. The summed E-state index contributed by atoms with van der Waals surface area (Å²) in [5.41, 5.74) is 3.13. The van der Waals surface area contributed by atoms with Crippen LogP contribution in [0.1, 0.15) is 35.1 Å². The molecule has 1 aromatic carbocycles. The van der Waals surface area contributed by atoms with Crippen LogP contribution in [0.25, 0.3) is 11.0 Å². The van der Waals surface area contributed by atoms with Crippen LogP contribution in [-0.4, -0.2) is 86.0 Å². The average molecular weight is 608 g/mol. The lowest BCUT2D eigenvalue weighted by molar-refractivity contribution is -0.193. The maximum atomic E-state index is 12.4. The lowest BCUT2D eigenvalue weighted by Gasteiger charge is -2.32. The molecule has 1 amide bonds. The third-order valence-corrected chi connectivity index (χ3v) is 5.87. The first kappa shape index (κ1) is 33.8. The van der Waals surface area contributed by atoms with Gasteiger partial charge in [-0.1, -0.05) is 18.2 Å². The van der Waals surface area contributed by atoms with E-state index < -0.39 is 24.3 Å². The first-order valence-electron chi connectivity index (χ1n) is 12.2. The van der Waals surface area contributed by atoms with Crippen LogP contribution in [0.5, 0.6) is 0 Å². The molecular weight excluding hydrogens is 580 g/mol. The first-order chi connectivity index (χ1) is 19.5. The highest BCUT2D eigenvalue weighted by Crippen LogP contribution is 2.24. The van der Waals surface area contributed by atoms with Crippen LogP contribution in [0.3, 0.4) is 0 Å². The number of carboxylic acid groups (broad SMARTS) is 2. The third kappa shape index (κ3) is 10.2. The fourth-order valence-electron chi connectivity index (χ4n) is 3.93. The molecule has 3 aromatic rings. The van der Waals surface area contributed by atoms with Gasteiger partial charge in [0.25, 0.3) is 5.91 Å². The fraction of sp³-hybridized carbons (Fsp3) is 0.400. The Labute approximate surface area is 233 Å². The Kier molecular flexibility index (Phi) is 11.6. The van der Waals surface area contributed by atoms with Gasteiger partial charge in [-0.25, -0.2) is 19.4 Å². The highest BCUT2D eigenvalue weighted by molar-refractivity contribution is 5.92. The van der Waals surface area contributed by atoms with Gasteiger partial charge in [0, 0.05) is 37.9 Å². The minimum atomic E-state index is -5.08. The van der Waals surface area contributed by atoms with E-state index in [9.17, 15) is 35.9 Å². The number of aliphatic carboxylic acids is 2. The van der Waals surface area contributed by atoms with E-state index in [2.05, 4.69) is 20.2 Å². The minimum absolute atomic E-state index is 0.0300. The maximum absolute atomic E-state index is 12.4. The zero-order valence-corrected chi connectivity index (χ0v) is 22.0. The summed E-state index contributed by atoms with van der Waals surface area (Å²) in [5.74, 6) is -5.65. The van der Waals surface area contributed by atoms with Crippen LogP contribution in [-0.2, 0) is 9.59 Å². The van der Waals surface area contributed by atoms with Crippen LogP contribution in [0.4, 0.5) is 26.3 Å². The number of carbonyl (C=O) groups excluding carboxylic acids is 1. The summed E-state index contributed by atoms with van der Waals surface area (Å²) in [6.07, 6.45) is -8.32. The van der Waals surface area contributed by atoms with Crippen molar-refractivity contribution in [2.45, 2.75) is 38.2 Å². The lowest BCUT2D eigenvalue weighted by Crippen LogP contribution is -2.41. The van der Waals surface area contributed by atoms with E-state index in [4.69, 9.17) is 19.8 Å². The van der Waals surface area contributed by atoms with Gasteiger partial charge >= 0.3 is 30.0 Å². The van der Waals surface area contributed by atoms with E-state index >= 15 is 0 Å². The molecule has 1 fully saturated rings. The quantitative estimate of drug-likeness (QED) is 0.322. The Morgan fingerprint density at radius 2 is 1.50 bits per heavy atom. The largest absolute Gasteiger partial charge is 0.490 e. The minimum Gasteiger partial charge on any atom is -0.475 e. The molecule has 0 bridgehead atoms. The predicted octanol–water partition coefficient (Wildman–Crippen LogP) is 3.37. The van der Waals surface area contributed by atoms with E-state index in [-0.39, 0.29) is 17.6 Å². The van der Waals surface area contributed by atoms with Crippen molar-refractivity contribution < 1.29 is 50.9 Å². The van der Waals surface area contributed by atoms with Gasteiger partial charge in [0.2, 0.25) is 0 Å². The van der Waals surface area contributed by atoms with Crippen molar-refractivity contribution in [2.75, 3.05) is 26.2 Å². The summed E-state index contributed by atoms with van der Waals surface area (Å²) in [5, 5.41) is 17.2. The third-order valence-electron chi connectivity index (χ3n) is 5.87. The molecule has 0 spiro atoms. The second kappa shape index (κ2) is 14.5. The number of amides is 1. The van der Waals surface area contributed by atoms with Crippen molar-refractivity contribution >= 4 is 28.9 Å². The van der Waals surface area contributed by atoms with Gasteiger partial charge in [-0.15, -0.1) is 0 Å². The molecule has 0 unspecified atom stereocenters. The van der Waals surface area contributed by atoms with Gasteiger partial charge in [0.15, 0.2) is 0 Å². The highest BCUT2D eigenvalue weighted by atomic mass is 19.4. The Morgan fingerprint density at radius 3 is 2.02 bits per heavy atom. The van der Waals surface area contributed by atoms with Crippen molar-refractivity contribution in [3.63, 3.8) is 0 Å². The zero-order valence-electron chi connectivity index (χ0n) is 22.0. The number of carbonyl (C=O) groups is 3. The number of nitrogens with zero attached hydrogens (tertiary/aromatic N) is 3. The molecule has 1 aliphatic heterocycles. The number of rotatable bonds is 5. The molecule has 230 valence electrons. The number of H-pyrrole nitrogens is 1. The Balaban J connectivity index is 0.000000367. The van der Waals surface area contributed by atoms with Crippen LogP contribution >= 0.6 is 0 Å². The number of aryl methyl sites for hydroxylation is 1. The molecule has 0 atom stereocenters. The molecule has 11 nitrogen and oxygen atoms in total. The van der Waals surface area contributed by atoms with E-state index in [1.54, 1.807) is 6.07 Å². The molecule has 2 aromatic heterocycles. The number of hydrogen-bond acceptors (Lipinski definition) is 6. The monoisotopic (exact) mass is 607 g/mol. The van der Waals surface area contributed by atoms with Gasteiger partial charge in [-0.3, -0.25) is 9.36 Å². The maximum Gasteiger partial charge on any atom is 0.490 e. The van der Waals surface area contributed by atoms with Gasteiger partial charge in [-0.05, 0) is 44.0 Å². The SMILES string of the molecule is Cc1cccc(C(=O)NCCN2CCC(n3c(=O)[nH]c4ccccc43)CC2)n1.O=C(O)C(F)(F)F.O=C(O)C(F)(F)F. The number of aromatic amines is 1. The number of likely N-dealkylation sites (tertiary alicyclic amines) is 1. The Morgan fingerprint density at radius 1 is 0.952 bits per heavy atom. The van der Waals surface area contributed by atoms with Crippen LogP contribution < -0.4 is 11.0 Å². The summed E-state index contributed by atoms with van der Waals surface area (Å²) in [7, 11) is 0. The molecule has 0 aliphatic carbocycles. The van der Waals surface area contributed by atoms with Gasteiger partial charge < -0.3 is 25.4 Å². The predicted molar refractivity (Wildman–Crippen MR) is 136 cm³/mol. The van der Waals surface area contributed by atoms with Gasteiger partial charge in [0.1, 0.15) is 5.69 Å². The first-order valence-corrected chi connectivity index (χ1v) is 12.2. The normalized spacial score (nSPS) is 14.3. The molecular formula is C25H27F6N5O6. The second-order valence-corrected chi connectivity index (χ2v) is 8.92. The number of piperidine rings is 1. The van der Waals surface area contributed by atoms with Crippen LogP contribution in [0.2, 0.25) is 0 Å². The standard InChI is InChI=1S/C21H25N5O2.2C2HF3O2/c1-15-5-4-7-18(23-15)20(27)22-11-14-25-12-9-16(10-13-25)26-19-8-3-2-6-17(19)24-21(26)28;2*3-2(4,5)1(6)7/h2-8,16H,9-14H2,1H3,(H,22,27)(H,24,28);2*(H,6,7). The molecule has 3 heterocycles. The number of carboxylic acids is 2. The van der Waals surface area contributed by atoms with Gasteiger partial charge in [-0.2, -0.15) is 26.3 Å². The number of aromatic nitrogens is 3. The van der Waals surface area contributed by atoms with Crippen LogP contribution in [0.15, 0.2) is 47.3 Å². The van der Waals surface area contributed by atoms with Crippen molar-refractivity contribution in [1.29, 1.82) is 0 Å². The molecule has 42 heavy (non-hydrogen) atoms. The number of benzene rings is 1.